The van der Waals surface area contributed by atoms with E-state index in [1.807, 2.05) is 26.8 Å². The van der Waals surface area contributed by atoms with E-state index < -0.39 is 5.60 Å². The third-order valence-electron chi connectivity index (χ3n) is 5.66. The van der Waals surface area contributed by atoms with Crippen LogP contribution >= 0.6 is 0 Å². The van der Waals surface area contributed by atoms with Crippen molar-refractivity contribution in [3.63, 3.8) is 0 Å². The second-order valence-corrected chi connectivity index (χ2v) is 8.70. The Morgan fingerprint density at radius 1 is 1.07 bits per heavy atom. The summed E-state index contributed by atoms with van der Waals surface area (Å²) in [6, 6.07) is 4.89. The van der Waals surface area contributed by atoms with Gasteiger partial charge in [-0.2, -0.15) is 0 Å². The standard InChI is InChI=1S/C23H27NO6/c1-23(2,3)30-22(27)24-7-6-12-10-18(29-5)21(26)20-14-11-17(28-4)16(25)9-13(14)8-15(24)19(12)20/h9-11,15,25-26H,6-8H2,1-5H3. The Morgan fingerprint density at radius 2 is 1.77 bits per heavy atom. The number of phenols is 2. The van der Waals surface area contributed by atoms with E-state index in [4.69, 9.17) is 14.2 Å². The van der Waals surface area contributed by atoms with Gasteiger partial charge in [-0.1, -0.05) is 0 Å². The zero-order chi connectivity index (χ0) is 21.8. The Bertz CT molecular complexity index is 1020. The van der Waals surface area contributed by atoms with Gasteiger partial charge in [-0.3, -0.25) is 0 Å². The topological polar surface area (TPSA) is 88.5 Å². The number of rotatable bonds is 2. The van der Waals surface area contributed by atoms with E-state index in [-0.39, 0.29) is 23.6 Å². The first-order valence-electron chi connectivity index (χ1n) is 9.97. The van der Waals surface area contributed by atoms with Crippen LogP contribution in [0.1, 0.15) is 43.5 Å². The van der Waals surface area contributed by atoms with Crippen molar-refractivity contribution < 1.29 is 29.2 Å². The highest BCUT2D eigenvalue weighted by Crippen LogP contribution is 2.53. The van der Waals surface area contributed by atoms with Gasteiger partial charge in [0.2, 0.25) is 0 Å². The molecule has 0 radical (unpaired) electrons. The summed E-state index contributed by atoms with van der Waals surface area (Å²) in [4.78, 5) is 14.7. The first-order valence-corrected chi connectivity index (χ1v) is 9.97. The lowest BCUT2D eigenvalue weighted by Crippen LogP contribution is -2.44. The van der Waals surface area contributed by atoms with Gasteiger partial charge in [0.05, 0.1) is 20.3 Å². The average Bonchev–Trinajstić information content (AvgIpc) is 2.67. The van der Waals surface area contributed by atoms with E-state index >= 15 is 0 Å². The van der Waals surface area contributed by atoms with Crippen molar-refractivity contribution in [2.24, 2.45) is 0 Å². The van der Waals surface area contributed by atoms with Crippen LogP contribution in [0.5, 0.6) is 23.0 Å². The van der Waals surface area contributed by atoms with Crippen LogP contribution in [0.25, 0.3) is 11.1 Å². The van der Waals surface area contributed by atoms with Gasteiger partial charge in [0.15, 0.2) is 23.0 Å². The van der Waals surface area contributed by atoms with Crippen molar-refractivity contribution in [3.8, 4) is 34.1 Å². The molecular formula is C23H27NO6. The summed E-state index contributed by atoms with van der Waals surface area (Å²) in [5.41, 5.74) is 3.51. The third-order valence-corrected chi connectivity index (χ3v) is 5.66. The molecule has 1 atom stereocenters. The summed E-state index contributed by atoms with van der Waals surface area (Å²) < 4.78 is 16.3. The number of hydrogen-bond acceptors (Lipinski definition) is 6. The lowest BCUT2D eigenvalue weighted by Gasteiger charge is -2.42. The number of nitrogens with zero attached hydrogens (tertiary/aromatic N) is 1. The number of benzene rings is 2. The molecule has 160 valence electrons. The molecule has 0 fully saturated rings. The maximum Gasteiger partial charge on any atom is 0.410 e. The maximum atomic E-state index is 13.0. The molecule has 0 aromatic heterocycles. The summed E-state index contributed by atoms with van der Waals surface area (Å²) in [6.07, 6.45) is 0.734. The molecule has 0 saturated carbocycles. The fourth-order valence-corrected chi connectivity index (χ4v) is 4.42. The van der Waals surface area contributed by atoms with Crippen LogP contribution in [0.4, 0.5) is 4.79 Å². The summed E-state index contributed by atoms with van der Waals surface area (Å²) in [5, 5.41) is 21.3. The van der Waals surface area contributed by atoms with Gasteiger partial charge in [-0.05, 0) is 74.1 Å². The molecule has 1 unspecified atom stereocenters. The minimum atomic E-state index is -0.611. The highest BCUT2D eigenvalue weighted by atomic mass is 16.6. The van der Waals surface area contributed by atoms with Crippen LogP contribution in [-0.2, 0) is 17.6 Å². The van der Waals surface area contributed by atoms with E-state index in [0.717, 1.165) is 22.3 Å². The Morgan fingerprint density at radius 3 is 2.40 bits per heavy atom. The molecule has 1 aliphatic carbocycles. The number of carbonyl (C=O) groups excluding carboxylic acids is 1. The van der Waals surface area contributed by atoms with Gasteiger partial charge in [-0.15, -0.1) is 0 Å². The lowest BCUT2D eigenvalue weighted by atomic mass is 9.76. The largest absolute Gasteiger partial charge is 0.504 e. The monoisotopic (exact) mass is 413 g/mol. The van der Waals surface area contributed by atoms with E-state index in [1.165, 1.54) is 14.2 Å². The van der Waals surface area contributed by atoms with Crippen LogP contribution in [0.2, 0.25) is 0 Å². The van der Waals surface area contributed by atoms with Gasteiger partial charge < -0.3 is 29.3 Å². The molecular weight excluding hydrogens is 386 g/mol. The highest BCUT2D eigenvalue weighted by Gasteiger charge is 2.40. The lowest BCUT2D eigenvalue weighted by molar-refractivity contribution is 0.0140. The molecule has 7 heteroatoms. The zero-order valence-electron chi connectivity index (χ0n) is 17.9. The molecule has 2 N–H and O–H groups in total. The van der Waals surface area contributed by atoms with Crippen LogP contribution < -0.4 is 9.47 Å². The number of ether oxygens (including phenoxy) is 3. The van der Waals surface area contributed by atoms with Gasteiger partial charge >= 0.3 is 6.09 Å². The molecule has 30 heavy (non-hydrogen) atoms. The molecule has 0 saturated heterocycles. The normalized spacial score (nSPS) is 17.1. The smallest absolute Gasteiger partial charge is 0.410 e. The Balaban J connectivity index is 1.92. The quantitative estimate of drug-likeness (QED) is 0.768. The molecule has 2 aromatic rings. The molecule has 1 amide bonds. The van der Waals surface area contributed by atoms with E-state index in [0.29, 0.717) is 36.4 Å². The average molecular weight is 413 g/mol. The number of hydrogen-bond donors (Lipinski definition) is 2. The van der Waals surface area contributed by atoms with Crippen LogP contribution in [0.15, 0.2) is 18.2 Å². The molecule has 1 aliphatic heterocycles. The van der Waals surface area contributed by atoms with E-state index in [1.54, 1.807) is 17.0 Å². The summed E-state index contributed by atoms with van der Waals surface area (Å²) in [7, 11) is 3.00. The molecule has 2 aromatic carbocycles. The first-order chi connectivity index (χ1) is 14.1. The summed E-state index contributed by atoms with van der Waals surface area (Å²) >= 11 is 0. The first kappa shape index (κ1) is 20.2. The van der Waals surface area contributed by atoms with Gasteiger partial charge in [-0.25, -0.2) is 4.79 Å². The molecule has 0 spiro atoms. The number of carbonyl (C=O) groups is 1. The van der Waals surface area contributed by atoms with E-state index in [2.05, 4.69) is 0 Å². The van der Waals surface area contributed by atoms with Crippen molar-refractivity contribution >= 4 is 6.09 Å². The third kappa shape index (κ3) is 3.18. The second kappa shape index (κ2) is 7.00. The SMILES string of the molecule is COc1cc2c(cc1O)CC1c3c(cc(OC)c(O)c3-2)CCN1C(=O)OC(C)(C)C. The molecule has 0 bridgehead atoms. The number of phenolic OH excluding ortho intramolecular Hbond substituents is 2. The molecule has 7 nitrogen and oxygen atoms in total. The van der Waals surface area contributed by atoms with Crippen LogP contribution in [0, 0.1) is 0 Å². The van der Waals surface area contributed by atoms with Crippen molar-refractivity contribution in [2.75, 3.05) is 20.8 Å². The molecule has 1 heterocycles. The van der Waals surface area contributed by atoms with Crippen molar-refractivity contribution in [1.29, 1.82) is 0 Å². The van der Waals surface area contributed by atoms with Crippen molar-refractivity contribution in [1.82, 2.24) is 4.90 Å². The fourth-order valence-electron chi connectivity index (χ4n) is 4.42. The van der Waals surface area contributed by atoms with Crippen molar-refractivity contribution in [3.05, 3.63) is 34.9 Å². The number of amides is 1. The predicted octanol–water partition coefficient (Wildman–Crippen LogP) is 4.17. The van der Waals surface area contributed by atoms with Crippen molar-refractivity contribution in [2.45, 2.75) is 45.3 Å². The summed E-state index contributed by atoms with van der Waals surface area (Å²) in [5.74, 6) is 0.735. The molecule has 4 rings (SSSR count). The van der Waals surface area contributed by atoms with Gasteiger partial charge in [0, 0.05) is 12.1 Å². The summed E-state index contributed by atoms with van der Waals surface area (Å²) in [6.45, 7) is 6.01. The van der Waals surface area contributed by atoms with Crippen LogP contribution in [0.3, 0.4) is 0 Å². The minimum absolute atomic E-state index is 0.0148. The number of fused-ring (bicyclic) bond motifs is 2. The van der Waals surface area contributed by atoms with Gasteiger partial charge in [0.25, 0.3) is 0 Å². The number of methoxy groups -OCH3 is 2. The minimum Gasteiger partial charge on any atom is -0.504 e. The van der Waals surface area contributed by atoms with Crippen LogP contribution in [-0.4, -0.2) is 47.6 Å². The predicted molar refractivity (Wildman–Crippen MR) is 111 cm³/mol. The zero-order valence-corrected chi connectivity index (χ0v) is 17.9. The maximum absolute atomic E-state index is 13.0. The Labute approximate surface area is 175 Å². The fraction of sp³-hybridized carbons (Fsp3) is 0.435. The van der Waals surface area contributed by atoms with Gasteiger partial charge in [0.1, 0.15) is 5.60 Å². The number of aromatic hydroxyl groups is 2. The highest BCUT2D eigenvalue weighted by molar-refractivity contribution is 5.85. The van der Waals surface area contributed by atoms with E-state index in [9.17, 15) is 15.0 Å². The Kier molecular flexibility index (Phi) is 4.71. The molecule has 2 aliphatic rings. The second-order valence-electron chi connectivity index (χ2n) is 8.70. The Hall–Kier alpha value is -3.09.